The number of aliphatic carboxylic acids is 1. The smallest absolute Gasteiger partial charge is 0.304 e. The Labute approximate surface area is 125 Å². The third-order valence-electron chi connectivity index (χ3n) is 2.95. The fourth-order valence-electron chi connectivity index (χ4n) is 1.72. The maximum Gasteiger partial charge on any atom is 0.304 e. The van der Waals surface area contributed by atoms with E-state index in [1.54, 1.807) is 31.2 Å². The predicted octanol–water partition coefficient (Wildman–Crippen LogP) is 3.25. The topological polar surface area (TPSA) is 66.4 Å². The van der Waals surface area contributed by atoms with E-state index in [9.17, 15) is 9.59 Å². The van der Waals surface area contributed by atoms with Gasteiger partial charge >= 0.3 is 5.97 Å². The molecule has 0 saturated carbocycles. The molecule has 0 aliphatic carbocycles. The normalized spacial score (nSPS) is 12.0. The van der Waals surface area contributed by atoms with Crippen molar-refractivity contribution in [1.29, 1.82) is 0 Å². The van der Waals surface area contributed by atoms with E-state index in [0.717, 1.165) is 5.56 Å². The molecule has 21 heavy (non-hydrogen) atoms. The summed E-state index contributed by atoms with van der Waals surface area (Å²) in [5.74, 6) is 4.37. The third-order valence-corrected chi connectivity index (χ3v) is 2.95. The van der Waals surface area contributed by atoms with Gasteiger partial charge in [-0.15, -0.1) is 5.92 Å². The highest BCUT2D eigenvalue weighted by molar-refractivity contribution is 5.94. The van der Waals surface area contributed by atoms with E-state index in [1.165, 1.54) is 0 Å². The summed E-state index contributed by atoms with van der Waals surface area (Å²) in [5, 5.41) is 11.7. The summed E-state index contributed by atoms with van der Waals surface area (Å²) < 4.78 is 0. The second kappa shape index (κ2) is 6.94. The summed E-state index contributed by atoms with van der Waals surface area (Å²) in [6, 6.07) is 7.14. The van der Waals surface area contributed by atoms with Gasteiger partial charge in [-0.25, -0.2) is 0 Å². The van der Waals surface area contributed by atoms with Crippen LogP contribution < -0.4 is 5.32 Å². The fraction of sp³-hybridized carbons (Fsp3) is 0.412. The van der Waals surface area contributed by atoms with Crippen molar-refractivity contribution in [2.24, 2.45) is 5.41 Å². The number of carboxylic acid groups (broad SMARTS) is 1. The molecule has 0 radical (unpaired) electrons. The van der Waals surface area contributed by atoms with Crippen molar-refractivity contribution >= 4 is 17.6 Å². The van der Waals surface area contributed by atoms with Gasteiger partial charge in [-0.3, -0.25) is 9.59 Å². The lowest BCUT2D eigenvalue weighted by Crippen LogP contribution is -2.27. The van der Waals surface area contributed by atoms with Gasteiger partial charge in [-0.05, 0) is 24.6 Å². The molecule has 1 aromatic carbocycles. The van der Waals surface area contributed by atoms with Gasteiger partial charge in [0.15, 0.2) is 0 Å². The first kappa shape index (κ1) is 16.8. The van der Waals surface area contributed by atoms with E-state index in [0.29, 0.717) is 5.69 Å². The summed E-state index contributed by atoms with van der Waals surface area (Å²) in [6.07, 6.45) is -0.0332. The second-order valence-electron chi connectivity index (χ2n) is 5.87. The minimum atomic E-state index is -0.882. The van der Waals surface area contributed by atoms with Crippen molar-refractivity contribution in [2.75, 3.05) is 5.32 Å². The van der Waals surface area contributed by atoms with Crippen molar-refractivity contribution < 1.29 is 14.7 Å². The largest absolute Gasteiger partial charge is 0.481 e. The first-order chi connectivity index (χ1) is 9.74. The van der Waals surface area contributed by atoms with Gasteiger partial charge in [-0.2, -0.15) is 0 Å². The number of anilines is 1. The number of carboxylic acids is 1. The van der Waals surface area contributed by atoms with Crippen LogP contribution in [0.2, 0.25) is 0 Å². The molecule has 1 amide bonds. The van der Waals surface area contributed by atoms with Crippen LogP contribution in [0.5, 0.6) is 0 Å². The summed E-state index contributed by atoms with van der Waals surface area (Å²) in [5.41, 5.74) is 1.07. The summed E-state index contributed by atoms with van der Waals surface area (Å²) in [6.45, 7) is 7.22. The van der Waals surface area contributed by atoms with Gasteiger partial charge in [0, 0.05) is 11.1 Å². The molecule has 4 heteroatoms. The van der Waals surface area contributed by atoms with Crippen LogP contribution in [0.25, 0.3) is 0 Å². The Kier molecular flexibility index (Phi) is 5.54. The molecule has 2 N–H and O–H groups in total. The zero-order valence-electron chi connectivity index (χ0n) is 12.9. The zero-order valence-corrected chi connectivity index (χ0v) is 12.9. The Balaban J connectivity index is 2.87. The molecule has 1 aromatic rings. The van der Waals surface area contributed by atoms with Crippen LogP contribution in [0.15, 0.2) is 24.3 Å². The molecule has 1 unspecified atom stereocenters. The molecule has 0 spiro atoms. The average Bonchev–Trinajstić information content (AvgIpc) is 2.37. The molecule has 0 fully saturated rings. The monoisotopic (exact) mass is 287 g/mol. The average molecular weight is 287 g/mol. The molecule has 1 rings (SSSR count). The predicted molar refractivity (Wildman–Crippen MR) is 83.0 cm³/mol. The number of hydrogen-bond acceptors (Lipinski definition) is 2. The van der Waals surface area contributed by atoms with Crippen LogP contribution >= 0.6 is 0 Å². The van der Waals surface area contributed by atoms with Gasteiger partial charge < -0.3 is 10.4 Å². The minimum absolute atomic E-state index is 0.0332. The highest BCUT2D eigenvalue weighted by Gasteiger charge is 2.21. The second-order valence-corrected chi connectivity index (χ2v) is 5.87. The number of carbonyl (C=O) groups is 2. The van der Waals surface area contributed by atoms with Crippen LogP contribution in [-0.4, -0.2) is 17.0 Å². The molecule has 0 heterocycles. The van der Waals surface area contributed by atoms with Crippen molar-refractivity contribution in [3.8, 4) is 11.8 Å². The Morgan fingerprint density at radius 3 is 2.24 bits per heavy atom. The number of amides is 1. The van der Waals surface area contributed by atoms with Gasteiger partial charge in [0.1, 0.15) is 0 Å². The number of carbonyl (C=O) groups excluding carboxylic acids is 1. The summed E-state index contributed by atoms with van der Waals surface area (Å²) >= 11 is 0. The summed E-state index contributed by atoms with van der Waals surface area (Å²) in [4.78, 5) is 22.7. The quantitative estimate of drug-likeness (QED) is 0.835. The van der Waals surface area contributed by atoms with E-state index in [4.69, 9.17) is 5.11 Å². The third kappa shape index (κ3) is 5.31. The molecule has 0 aromatic heterocycles. The molecule has 0 bridgehead atoms. The lowest BCUT2D eigenvalue weighted by molar-refractivity contribution is -0.137. The van der Waals surface area contributed by atoms with Gasteiger partial charge in [0.05, 0.1) is 12.3 Å². The Bertz CT molecular complexity index is 571. The van der Waals surface area contributed by atoms with Crippen molar-refractivity contribution in [2.45, 2.75) is 40.0 Å². The lowest BCUT2D eigenvalue weighted by atomic mass is 9.94. The van der Waals surface area contributed by atoms with E-state index >= 15 is 0 Å². The Morgan fingerprint density at radius 1 is 1.24 bits per heavy atom. The Morgan fingerprint density at radius 2 is 1.81 bits per heavy atom. The number of nitrogens with one attached hydrogen (secondary N) is 1. The van der Waals surface area contributed by atoms with Gasteiger partial charge in [-0.1, -0.05) is 38.8 Å². The summed E-state index contributed by atoms with van der Waals surface area (Å²) in [7, 11) is 0. The van der Waals surface area contributed by atoms with Crippen LogP contribution in [-0.2, 0) is 9.59 Å². The molecule has 112 valence electrons. The van der Waals surface area contributed by atoms with E-state index in [1.807, 2.05) is 20.8 Å². The SMILES string of the molecule is CC#CC(CC(=O)O)c1ccc(NC(=O)C(C)(C)C)cc1. The number of benzene rings is 1. The van der Waals surface area contributed by atoms with Crippen LogP contribution in [0.1, 0.15) is 45.6 Å². The standard InChI is InChI=1S/C17H21NO3/c1-5-6-13(11-15(19)20)12-7-9-14(10-8-12)18-16(21)17(2,3)4/h7-10,13H,11H2,1-4H3,(H,18,21)(H,19,20). The molecular formula is C17H21NO3. The maximum absolute atomic E-state index is 11.9. The number of rotatable bonds is 4. The zero-order chi connectivity index (χ0) is 16.0. The molecule has 0 aliphatic rings. The number of hydrogen-bond donors (Lipinski definition) is 2. The van der Waals surface area contributed by atoms with Crippen LogP contribution in [0.3, 0.4) is 0 Å². The minimum Gasteiger partial charge on any atom is -0.481 e. The fourth-order valence-corrected chi connectivity index (χ4v) is 1.72. The maximum atomic E-state index is 11.9. The highest BCUT2D eigenvalue weighted by atomic mass is 16.4. The van der Waals surface area contributed by atoms with Crippen molar-refractivity contribution in [1.82, 2.24) is 0 Å². The van der Waals surface area contributed by atoms with Gasteiger partial charge in [0.2, 0.25) is 5.91 Å². The van der Waals surface area contributed by atoms with Crippen LogP contribution in [0, 0.1) is 17.3 Å². The van der Waals surface area contributed by atoms with E-state index in [-0.39, 0.29) is 18.2 Å². The molecular weight excluding hydrogens is 266 g/mol. The molecule has 0 saturated heterocycles. The molecule has 1 atom stereocenters. The molecule has 0 aliphatic heterocycles. The first-order valence-electron chi connectivity index (χ1n) is 6.79. The van der Waals surface area contributed by atoms with Crippen molar-refractivity contribution in [3.05, 3.63) is 29.8 Å². The first-order valence-corrected chi connectivity index (χ1v) is 6.79. The Hall–Kier alpha value is -2.28. The van der Waals surface area contributed by atoms with E-state index < -0.39 is 11.4 Å². The van der Waals surface area contributed by atoms with Gasteiger partial charge in [0.25, 0.3) is 0 Å². The lowest BCUT2D eigenvalue weighted by Gasteiger charge is -2.18. The highest BCUT2D eigenvalue weighted by Crippen LogP contribution is 2.22. The van der Waals surface area contributed by atoms with Crippen LogP contribution in [0.4, 0.5) is 5.69 Å². The van der Waals surface area contributed by atoms with E-state index in [2.05, 4.69) is 17.2 Å². The molecule has 4 nitrogen and oxygen atoms in total. The van der Waals surface area contributed by atoms with Crippen molar-refractivity contribution in [3.63, 3.8) is 0 Å².